The fraction of sp³-hybridized carbons (Fsp3) is 0.667. The summed E-state index contributed by atoms with van der Waals surface area (Å²) in [5.41, 5.74) is 1.77. The maximum absolute atomic E-state index is 6.00. The van der Waals surface area contributed by atoms with Crippen LogP contribution in [-0.4, -0.2) is 18.8 Å². The maximum Gasteiger partial charge on any atom is 0.0661 e. The monoisotopic (exact) mass is 307 g/mol. The highest BCUT2D eigenvalue weighted by molar-refractivity contribution is 6.30. The standard InChI is InChI=1S/C18H26ClNO/c1-3-15(13-6-8-14(19)9-7-13)20-16-12-17(21-4-2)18(16)10-5-11-18/h6-9,15-17,20H,3-5,10-12H2,1-2H3. The molecular weight excluding hydrogens is 282 g/mol. The van der Waals surface area contributed by atoms with Crippen LogP contribution in [0.25, 0.3) is 0 Å². The molecule has 0 bridgehead atoms. The van der Waals surface area contributed by atoms with Gasteiger partial charge in [-0.2, -0.15) is 0 Å². The van der Waals surface area contributed by atoms with Gasteiger partial charge in [0.05, 0.1) is 6.10 Å². The molecule has 2 aliphatic rings. The number of ether oxygens (including phenoxy) is 1. The van der Waals surface area contributed by atoms with Crippen LogP contribution in [0.2, 0.25) is 5.02 Å². The minimum absolute atomic E-state index is 0.423. The van der Waals surface area contributed by atoms with Crippen LogP contribution in [0.3, 0.4) is 0 Å². The van der Waals surface area contributed by atoms with E-state index in [1.165, 1.54) is 24.8 Å². The molecule has 0 heterocycles. The van der Waals surface area contributed by atoms with E-state index in [1.807, 2.05) is 12.1 Å². The topological polar surface area (TPSA) is 21.3 Å². The molecule has 3 atom stereocenters. The summed E-state index contributed by atoms with van der Waals surface area (Å²) in [5, 5.41) is 4.71. The van der Waals surface area contributed by atoms with Gasteiger partial charge in [0, 0.05) is 29.1 Å². The van der Waals surface area contributed by atoms with E-state index in [-0.39, 0.29) is 0 Å². The Morgan fingerprint density at radius 3 is 2.52 bits per heavy atom. The number of hydrogen-bond acceptors (Lipinski definition) is 2. The lowest BCUT2D eigenvalue weighted by Crippen LogP contribution is -2.67. The molecule has 0 saturated heterocycles. The van der Waals surface area contributed by atoms with E-state index in [4.69, 9.17) is 16.3 Å². The zero-order chi connectivity index (χ0) is 14.9. The summed E-state index contributed by atoms with van der Waals surface area (Å²) in [4.78, 5) is 0. The zero-order valence-corrected chi connectivity index (χ0v) is 13.8. The van der Waals surface area contributed by atoms with Crippen molar-refractivity contribution in [1.82, 2.24) is 5.32 Å². The Balaban J connectivity index is 1.66. The van der Waals surface area contributed by atoms with Crippen LogP contribution in [-0.2, 0) is 4.74 Å². The van der Waals surface area contributed by atoms with Crippen LogP contribution >= 0.6 is 11.6 Å². The van der Waals surface area contributed by atoms with Crippen LogP contribution in [0.1, 0.15) is 57.6 Å². The summed E-state index contributed by atoms with van der Waals surface area (Å²) >= 11 is 6.00. The van der Waals surface area contributed by atoms with Gasteiger partial charge < -0.3 is 10.1 Å². The first-order chi connectivity index (χ1) is 10.2. The Kier molecular flexibility index (Phi) is 4.58. The summed E-state index contributed by atoms with van der Waals surface area (Å²) < 4.78 is 5.95. The molecule has 0 aromatic heterocycles. The molecular formula is C18H26ClNO. The van der Waals surface area contributed by atoms with E-state index in [0.717, 1.165) is 24.5 Å². The normalized spacial score (nSPS) is 28.0. The second kappa shape index (κ2) is 6.28. The van der Waals surface area contributed by atoms with Gasteiger partial charge >= 0.3 is 0 Å². The number of hydrogen-bond donors (Lipinski definition) is 1. The lowest BCUT2D eigenvalue weighted by molar-refractivity contribution is -0.175. The Hall–Kier alpha value is -0.570. The van der Waals surface area contributed by atoms with Crippen molar-refractivity contribution in [3.63, 3.8) is 0 Å². The predicted octanol–water partition coefficient (Wildman–Crippen LogP) is 4.73. The third-order valence-corrected chi connectivity index (χ3v) is 5.77. The van der Waals surface area contributed by atoms with Gasteiger partial charge in [-0.3, -0.25) is 0 Å². The van der Waals surface area contributed by atoms with Crippen LogP contribution in [0.5, 0.6) is 0 Å². The van der Waals surface area contributed by atoms with Crippen molar-refractivity contribution in [2.75, 3.05) is 6.61 Å². The van der Waals surface area contributed by atoms with Crippen molar-refractivity contribution in [3.8, 4) is 0 Å². The number of rotatable bonds is 6. The molecule has 0 aliphatic heterocycles. The van der Waals surface area contributed by atoms with Gasteiger partial charge in [-0.15, -0.1) is 0 Å². The van der Waals surface area contributed by atoms with E-state index in [0.29, 0.717) is 23.6 Å². The molecule has 1 aromatic rings. The summed E-state index contributed by atoms with van der Waals surface area (Å²) in [7, 11) is 0. The first-order valence-electron chi connectivity index (χ1n) is 8.32. The van der Waals surface area contributed by atoms with E-state index >= 15 is 0 Å². The molecule has 3 unspecified atom stereocenters. The minimum atomic E-state index is 0.423. The Morgan fingerprint density at radius 1 is 1.29 bits per heavy atom. The first-order valence-corrected chi connectivity index (χ1v) is 8.70. The molecule has 3 rings (SSSR count). The maximum atomic E-state index is 6.00. The average molecular weight is 308 g/mol. The van der Waals surface area contributed by atoms with Crippen molar-refractivity contribution in [1.29, 1.82) is 0 Å². The van der Waals surface area contributed by atoms with Crippen molar-refractivity contribution in [3.05, 3.63) is 34.9 Å². The fourth-order valence-corrected chi connectivity index (χ4v) is 4.19. The molecule has 2 saturated carbocycles. The number of halogens is 1. The Bertz CT molecular complexity index is 469. The van der Waals surface area contributed by atoms with Crippen LogP contribution in [0, 0.1) is 5.41 Å². The van der Waals surface area contributed by atoms with Gasteiger partial charge in [0.2, 0.25) is 0 Å². The molecule has 2 nitrogen and oxygen atoms in total. The van der Waals surface area contributed by atoms with Crippen LogP contribution in [0.15, 0.2) is 24.3 Å². The molecule has 2 fully saturated rings. The number of benzene rings is 1. The van der Waals surface area contributed by atoms with Gasteiger partial charge in [-0.1, -0.05) is 37.1 Å². The van der Waals surface area contributed by atoms with Crippen LogP contribution in [0.4, 0.5) is 0 Å². The minimum Gasteiger partial charge on any atom is -0.378 e. The largest absolute Gasteiger partial charge is 0.378 e. The lowest BCUT2D eigenvalue weighted by atomic mass is 9.51. The fourth-order valence-electron chi connectivity index (χ4n) is 4.06. The molecule has 0 amide bonds. The lowest BCUT2D eigenvalue weighted by Gasteiger charge is -2.62. The summed E-state index contributed by atoms with van der Waals surface area (Å²) in [6.07, 6.45) is 6.76. The second-order valence-electron chi connectivity index (χ2n) is 6.50. The molecule has 0 radical (unpaired) electrons. The molecule has 116 valence electrons. The SMILES string of the molecule is CCOC1CC(NC(CC)c2ccc(Cl)cc2)C12CCC2. The van der Waals surface area contributed by atoms with E-state index in [2.05, 4.69) is 31.3 Å². The summed E-state index contributed by atoms with van der Waals surface area (Å²) in [5.74, 6) is 0. The van der Waals surface area contributed by atoms with Crippen LogP contribution < -0.4 is 5.32 Å². The van der Waals surface area contributed by atoms with Crippen molar-refractivity contribution in [2.24, 2.45) is 5.41 Å². The Labute approximate surface area is 133 Å². The van der Waals surface area contributed by atoms with Crippen molar-refractivity contribution >= 4 is 11.6 Å². The summed E-state index contributed by atoms with van der Waals surface area (Å²) in [6.45, 7) is 5.20. The van der Waals surface area contributed by atoms with Gasteiger partial charge in [-0.25, -0.2) is 0 Å². The molecule has 1 aromatic carbocycles. The predicted molar refractivity (Wildman–Crippen MR) is 87.7 cm³/mol. The third kappa shape index (κ3) is 2.74. The zero-order valence-electron chi connectivity index (χ0n) is 13.1. The molecule has 1 N–H and O–H groups in total. The highest BCUT2D eigenvalue weighted by Crippen LogP contribution is 2.57. The van der Waals surface area contributed by atoms with Gasteiger partial charge in [0.1, 0.15) is 0 Å². The van der Waals surface area contributed by atoms with Gasteiger partial charge in [0.15, 0.2) is 0 Å². The number of nitrogens with one attached hydrogen (secondary N) is 1. The quantitative estimate of drug-likeness (QED) is 0.820. The summed E-state index contributed by atoms with van der Waals surface area (Å²) in [6, 6.07) is 9.32. The van der Waals surface area contributed by atoms with Gasteiger partial charge in [-0.05, 0) is 50.3 Å². The van der Waals surface area contributed by atoms with Crippen molar-refractivity contribution < 1.29 is 4.74 Å². The average Bonchev–Trinajstić information content (AvgIpc) is 2.41. The molecule has 1 spiro atoms. The van der Waals surface area contributed by atoms with Crippen molar-refractivity contribution in [2.45, 2.75) is 64.1 Å². The smallest absolute Gasteiger partial charge is 0.0661 e. The first kappa shape index (κ1) is 15.3. The van der Waals surface area contributed by atoms with E-state index in [1.54, 1.807) is 0 Å². The highest BCUT2D eigenvalue weighted by Gasteiger charge is 2.58. The molecule has 2 aliphatic carbocycles. The molecule has 21 heavy (non-hydrogen) atoms. The second-order valence-corrected chi connectivity index (χ2v) is 6.93. The van der Waals surface area contributed by atoms with E-state index in [9.17, 15) is 0 Å². The van der Waals surface area contributed by atoms with Gasteiger partial charge in [0.25, 0.3) is 0 Å². The Morgan fingerprint density at radius 2 is 2.00 bits per heavy atom. The molecule has 3 heteroatoms. The third-order valence-electron chi connectivity index (χ3n) is 5.52. The van der Waals surface area contributed by atoms with E-state index < -0.39 is 0 Å². The highest BCUT2D eigenvalue weighted by atomic mass is 35.5.